The molecule has 12 heteroatoms. The molecule has 0 bridgehead atoms. The van der Waals surface area contributed by atoms with Crippen molar-refractivity contribution < 1.29 is 52.9 Å². The molecule has 0 radical (unpaired) electrons. The predicted molar refractivity (Wildman–Crippen MR) is 252 cm³/mol. The van der Waals surface area contributed by atoms with Crippen LogP contribution in [0, 0.1) is 0 Å². The number of phosphoric acid groups is 1. The molecule has 4 N–H and O–H groups in total. The maximum Gasteiger partial charge on any atom is 0.472 e. The lowest BCUT2D eigenvalue weighted by Gasteiger charge is -2.20. The monoisotopic (exact) mass is 883 g/mol. The lowest BCUT2D eigenvalue weighted by Crippen LogP contribution is -2.30. The summed E-state index contributed by atoms with van der Waals surface area (Å²) in [7, 11) is -4.71. The van der Waals surface area contributed by atoms with Crippen molar-refractivity contribution in [3.8, 4) is 0 Å². The summed E-state index contributed by atoms with van der Waals surface area (Å²) < 4.78 is 32.4. The molecule has 346 valence electrons. The van der Waals surface area contributed by atoms with E-state index in [9.17, 15) is 29.3 Å². The highest BCUT2D eigenvalue weighted by atomic mass is 31.2. The van der Waals surface area contributed by atoms with E-state index < -0.39 is 64.5 Å². The third kappa shape index (κ3) is 42.5. The van der Waals surface area contributed by atoms with Crippen LogP contribution >= 0.6 is 7.82 Å². The van der Waals surface area contributed by atoms with E-state index in [0.29, 0.717) is 12.8 Å². The minimum Gasteiger partial charge on any atom is -0.462 e. The van der Waals surface area contributed by atoms with Gasteiger partial charge in [0.15, 0.2) is 6.10 Å². The molecule has 0 amide bonds. The highest BCUT2D eigenvalue weighted by Gasteiger charge is 2.27. The van der Waals surface area contributed by atoms with Crippen LogP contribution in [0.4, 0.5) is 0 Å². The second-order valence-electron chi connectivity index (χ2n) is 13.8. The quantitative estimate of drug-likeness (QED) is 0.0201. The van der Waals surface area contributed by atoms with Crippen molar-refractivity contribution in [1.82, 2.24) is 0 Å². The lowest BCUT2D eigenvalue weighted by atomic mass is 10.2. The van der Waals surface area contributed by atoms with Gasteiger partial charge in [-0.15, -0.1) is 0 Å². The van der Waals surface area contributed by atoms with Gasteiger partial charge in [-0.25, -0.2) is 4.57 Å². The highest BCUT2D eigenvalue weighted by molar-refractivity contribution is 7.47. The number of hydrogen-bond acceptors (Lipinski definition) is 10. The van der Waals surface area contributed by atoms with E-state index in [1.807, 2.05) is 30.4 Å². The molecule has 0 saturated carbocycles. The SMILES string of the molecule is CC/C=C\C/C=C\C/C=C\C/C=C\C/C=C\C=C/C(O)CCC(=O)OC[C@H](COP(=O)(O)OC[C@@H](O)CO)OC(=O)CC/C=C\C/C=C\C/C=C\C/C=C\C/C=C\C/C=C\CC. The van der Waals surface area contributed by atoms with Crippen LogP contribution in [0.3, 0.4) is 0 Å². The molecule has 0 heterocycles. The third-order valence-corrected chi connectivity index (χ3v) is 9.07. The normalized spacial score (nSPS) is 15.6. The fourth-order valence-corrected chi connectivity index (χ4v) is 5.56. The van der Waals surface area contributed by atoms with Gasteiger partial charge in [0.25, 0.3) is 0 Å². The molecule has 2 unspecified atom stereocenters. The first-order chi connectivity index (χ1) is 30.1. The fourth-order valence-electron chi connectivity index (χ4n) is 4.77. The minimum absolute atomic E-state index is 0.000985. The molecule has 0 aromatic carbocycles. The minimum atomic E-state index is -4.71. The Morgan fingerprint density at radius 3 is 1.40 bits per heavy atom. The number of aliphatic hydroxyl groups is 3. The molecule has 0 rings (SSSR count). The zero-order valence-electron chi connectivity index (χ0n) is 37.1. The summed E-state index contributed by atoms with van der Waals surface area (Å²) in [5.41, 5.74) is 0. The fraction of sp³-hybridized carbons (Fsp3) is 0.480. The number of ether oxygens (including phenoxy) is 2. The van der Waals surface area contributed by atoms with E-state index in [2.05, 4.69) is 122 Å². The number of phosphoric ester groups is 1. The summed E-state index contributed by atoms with van der Waals surface area (Å²) in [4.78, 5) is 35.0. The van der Waals surface area contributed by atoms with Gasteiger partial charge in [-0.05, 0) is 83.5 Å². The van der Waals surface area contributed by atoms with E-state index >= 15 is 0 Å². The van der Waals surface area contributed by atoms with E-state index in [-0.39, 0.29) is 19.3 Å². The zero-order valence-corrected chi connectivity index (χ0v) is 38.0. The number of carbonyl (C=O) groups excluding carboxylic acids is 2. The van der Waals surface area contributed by atoms with Gasteiger partial charge in [-0.2, -0.15) is 0 Å². The Balaban J connectivity index is 4.67. The Morgan fingerprint density at radius 1 is 0.532 bits per heavy atom. The number of aliphatic hydroxyl groups excluding tert-OH is 3. The van der Waals surface area contributed by atoms with Gasteiger partial charge in [0.2, 0.25) is 0 Å². The van der Waals surface area contributed by atoms with Crippen LogP contribution in [-0.2, 0) is 32.7 Å². The summed E-state index contributed by atoms with van der Waals surface area (Å²) in [6.07, 6.45) is 55.9. The highest BCUT2D eigenvalue weighted by Crippen LogP contribution is 2.43. The van der Waals surface area contributed by atoms with Gasteiger partial charge in [-0.1, -0.05) is 160 Å². The van der Waals surface area contributed by atoms with Crippen molar-refractivity contribution in [2.45, 2.75) is 128 Å². The molecule has 0 aliphatic heterocycles. The topological polar surface area (TPSA) is 169 Å². The molecule has 0 aliphatic rings. The molecule has 62 heavy (non-hydrogen) atoms. The van der Waals surface area contributed by atoms with Crippen molar-refractivity contribution in [3.63, 3.8) is 0 Å². The molecule has 0 spiro atoms. The number of esters is 2. The summed E-state index contributed by atoms with van der Waals surface area (Å²) in [5.74, 6) is -1.32. The van der Waals surface area contributed by atoms with Crippen LogP contribution in [0.2, 0.25) is 0 Å². The zero-order chi connectivity index (χ0) is 45.6. The van der Waals surface area contributed by atoms with E-state index in [4.69, 9.17) is 19.1 Å². The van der Waals surface area contributed by atoms with Gasteiger partial charge < -0.3 is 29.7 Å². The van der Waals surface area contributed by atoms with Crippen LogP contribution in [0.15, 0.2) is 146 Å². The number of allylic oxidation sites excluding steroid dienone is 23. The molecule has 4 atom stereocenters. The second-order valence-corrected chi connectivity index (χ2v) is 15.3. The van der Waals surface area contributed by atoms with Crippen LogP contribution in [0.1, 0.15) is 110 Å². The van der Waals surface area contributed by atoms with Crippen molar-refractivity contribution in [1.29, 1.82) is 0 Å². The van der Waals surface area contributed by atoms with Crippen molar-refractivity contribution in [3.05, 3.63) is 146 Å². The van der Waals surface area contributed by atoms with Crippen LogP contribution in [0.5, 0.6) is 0 Å². The van der Waals surface area contributed by atoms with Gasteiger partial charge in [-0.3, -0.25) is 18.6 Å². The standard InChI is InChI=1S/C50H75O11P/c1-3-5-7-9-11-13-15-17-19-21-22-23-25-27-29-31-33-35-37-39-50(55)61-48(45-60-62(56,57)59-43-47(53)42-51)44-58-49(54)41-40-46(52)38-36-34-32-30-28-26-24-20-18-16-14-12-10-8-6-4-2/h5-8,11-14,17-20,22-23,26-29,32-36,38,46-48,51-53H,3-4,9-10,15-16,21,24-25,30-31,37,39-45H2,1-2H3,(H,56,57)/b7-5-,8-6-,13-11-,14-12-,19-17-,20-18-,23-22-,28-26-,29-27-,34-32-,35-33-,38-36-/t46?,47-,48+/m0/s1. The van der Waals surface area contributed by atoms with E-state index in [1.54, 1.807) is 12.2 Å². The Bertz CT molecular complexity index is 1540. The van der Waals surface area contributed by atoms with Gasteiger partial charge >= 0.3 is 19.8 Å². The Hall–Kier alpha value is -4.19. The van der Waals surface area contributed by atoms with Crippen LogP contribution in [-0.4, -0.2) is 76.9 Å². The maximum absolute atomic E-state index is 12.6. The van der Waals surface area contributed by atoms with Crippen molar-refractivity contribution in [2.75, 3.05) is 26.4 Å². The first-order valence-corrected chi connectivity index (χ1v) is 23.4. The molecule has 0 aliphatic carbocycles. The van der Waals surface area contributed by atoms with Gasteiger partial charge in [0.05, 0.1) is 25.9 Å². The smallest absolute Gasteiger partial charge is 0.462 e. The molecule has 0 fully saturated rings. The summed E-state index contributed by atoms with van der Waals surface area (Å²) in [6, 6.07) is 0. The molecule has 11 nitrogen and oxygen atoms in total. The third-order valence-electron chi connectivity index (χ3n) is 8.12. The average Bonchev–Trinajstić information content (AvgIpc) is 3.26. The molecule has 0 aromatic heterocycles. The summed E-state index contributed by atoms with van der Waals surface area (Å²) in [5, 5.41) is 28.6. The number of hydrogen-bond donors (Lipinski definition) is 4. The Kier molecular flexibility index (Phi) is 40.5. The first kappa shape index (κ1) is 57.8. The average molecular weight is 883 g/mol. The van der Waals surface area contributed by atoms with Crippen molar-refractivity contribution >= 4 is 19.8 Å². The van der Waals surface area contributed by atoms with Gasteiger partial charge in [0.1, 0.15) is 12.7 Å². The maximum atomic E-state index is 12.6. The molecular formula is C50H75O11P. The molecule has 0 aromatic rings. The van der Waals surface area contributed by atoms with E-state index in [1.165, 1.54) is 0 Å². The number of rotatable bonds is 38. The summed E-state index contributed by atoms with van der Waals surface area (Å²) in [6.45, 7) is 1.75. The molecule has 0 saturated heterocycles. The molecular weight excluding hydrogens is 808 g/mol. The number of carbonyl (C=O) groups is 2. The predicted octanol–water partition coefficient (Wildman–Crippen LogP) is 10.9. The summed E-state index contributed by atoms with van der Waals surface area (Å²) >= 11 is 0. The van der Waals surface area contributed by atoms with Crippen LogP contribution in [0.25, 0.3) is 0 Å². The van der Waals surface area contributed by atoms with E-state index in [0.717, 1.165) is 64.2 Å². The Labute approximate surface area is 372 Å². The lowest BCUT2D eigenvalue weighted by molar-refractivity contribution is -0.161. The van der Waals surface area contributed by atoms with Gasteiger partial charge in [0, 0.05) is 12.8 Å². The second kappa shape index (κ2) is 43.5. The largest absolute Gasteiger partial charge is 0.472 e. The first-order valence-electron chi connectivity index (χ1n) is 21.9. The Morgan fingerprint density at radius 2 is 0.952 bits per heavy atom. The van der Waals surface area contributed by atoms with Crippen molar-refractivity contribution in [2.24, 2.45) is 0 Å². The van der Waals surface area contributed by atoms with Crippen LogP contribution < -0.4 is 0 Å².